The fraction of sp³-hybridized carbons (Fsp3) is 1.00. The van der Waals surface area contributed by atoms with E-state index in [-0.39, 0.29) is 6.61 Å². The molecule has 0 heterocycles. The Kier molecular flexibility index (Phi) is 11.5. The first kappa shape index (κ1) is 12.3. The molecule has 0 aliphatic heterocycles. The zero-order chi connectivity index (χ0) is 9.07. The predicted molar refractivity (Wildman–Crippen MR) is 54.8 cm³/mol. The maximum atomic E-state index is 8.47. The van der Waals surface area contributed by atoms with E-state index >= 15 is 0 Å². The van der Waals surface area contributed by atoms with Crippen LogP contribution in [0.5, 0.6) is 0 Å². The van der Waals surface area contributed by atoms with Crippen molar-refractivity contribution in [1.29, 1.82) is 0 Å². The van der Waals surface area contributed by atoms with E-state index in [1.54, 1.807) is 0 Å². The van der Waals surface area contributed by atoms with Crippen LogP contribution in [0.1, 0.15) is 32.1 Å². The summed E-state index contributed by atoms with van der Waals surface area (Å²) in [6.45, 7) is 1.93. The lowest BCUT2D eigenvalue weighted by atomic mass is 10.3. The summed E-state index contributed by atoms with van der Waals surface area (Å²) in [6, 6.07) is 0. The molecule has 0 spiro atoms. The third-order valence-corrected chi connectivity index (χ3v) is 1.96. The van der Waals surface area contributed by atoms with Gasteiger partial charge in [0.05, 0.1) is 0 Å². The fourth-order valence-corrected chi connectivity index (χ4v) is 1.13. The fourth-order valence-electron chi connectivity index (χ4n) is 0.911. The predicted octanol–water partition coefficient (Wildman–Crippen LogP) is 1.88. The first-order valence-corrected chi connectivity index (χ1v) is 5.34. The molecular formula is C9H20O2S. The van der Waals surface area contributed by atoms with Gasteiger partial charge in [-0.05, 0) is 31.4 Å². The highest BCUT2D eigenvalue weighted by Crippen LogP contribution is 1.98. The number of ether oxygens (including phenoxy) is 1. The molecule has 0 amide bonds. The standard InChI is InChI=1S/C9H20O2S/c10-6-2-4-8-11-7-3-1-5-9-12/h10,12H,1-9H2. The molecule has 74 valence electrons. The van der Waals surface area contributed by atoms with E-state index in [1.807, 2.05) is 0 Å². The summed E-state index contributed by atoms with van der Waals surface area (Å²) in [4.78, 5) is 0. The van der Waals surface area contributed by atoms with Crippen molar-refractivity contribution in [2.24, 2.45) is 0 Å². The van der Waals surface area contributed by atoms with Gasteiger partial charge in [-0.1, -0.05) is 6.42 Å². The minimum absolute atomic E-state index is 0.281. The van der Waals surface area contributed by atoms with Crippen LogP contribution in [0.15, 0.2) is 0 Å². The molecule has 2 nitrogen and oxygen atoms in total. The van der Waals surface area contributed by atoms with Gasteiger partial charge in [0, 0.05) is 19.8 Å². The van der Waals surface area contributed by atoms with Crippen molar-refractivity contribution in [3.8, 4) is 0 Å². The second kappa shape index (κ2) is 11.3. The molecule has 0 aliphatic rings. The molecule has 0 bridgehead atoms. The number of thiol groups is 1. The van der Waals surface area contributed by atoms with E-state index in [4.69, 9.17) is 9.84 Å². The van der Waals surface area contributed by atoms with E-state index in [1.165, 1.54) is 12.8 Å². The zero-order valence-electron chi connectivity index (χ0n) is 7.67. The smallest absolute Gasteiger partial charge is 0.0466 e. The molecule has 0 rings (SSSR count). The largest absolute Gasteiger partial charge is 0.396 e. The van der Waals surface area contributed by atoms with Crippen LogP contribution in [0.2, 0.25) is 0 Å². The van der Waals surface area contributed by atoms with Gasteiger partial charge in [-0.3, -0.25) is 0 Å². The lowest BCUT2D eigenvalue weighted by Crippen LogP contribution is -1.98. The van der Waals surface area contributed by atoms with E-state index in [9.17, 15) is 0 Å². The van der Waals surface area contributed by atoms with E-state index in [2.05, 4.69) is 12.6 Å². The maximum Gasteiger partial charge on any atom is 0.0466 e. The first-order valence-electron chi connectivity index (χ1n) is 4.71. The first-order chi connectivity index (χ1) is 5.91. The summed E-state index contributed by atoms with van der Waals surface area (Å²) in [5, 5.41) is 8.47. The van der Waals surface area contributed by atoms with Crippen molar-refractivity contribution < 1.29 is 9.84 Å². The molecule has 0 saturated heterocycles. The lowest BCUT2D eigenvalue weighted by Gasteiger charge is -2.02. The molecule has 3 heteroatoms. The molecule has 0 fully saturated rings. The van der Waals surface area contributed by atoms with Crippen molar-refractivity contribution in [2.45, 2.75) is 32.1 Å². The van der Waals surface area contributed by atoms with Crippen LogP contribution in [-0.2, 0) is 4.74 Å². The van der Waals surface area contributed by atoms with Gasteiger partial charge >= 0.3 is 0 Å². The Hall–Kier alpha value is 0.270. The maximum absolute atomic E-state index is 8.47. The van der Waals surface area contributed by atoms with Crippen LogP contribution >= 0.6 is 12.6 Å². The van der Waals surface area contributed by atoms with Crippen molar-refractivity contribution >= 4 is 12.6 Å². The van der Waals surface area contributed by atoms with Crippen LogP contribution in [0, 0.1) is 0 Å². The van der Waals surface area contributed by atoms with Gasteiger partial charge in [0.1, 0.15) is 0 Å². The summed E-state index contributed by atoms with van der Waals surface area (Å²) in [5.41, 5.74) is 0. The van der Waals surface area contributed by atoms with Gasteiger partial charge in [-0.15, -0.1) is 0 Å². The van der Waals surface area contributed by atoms with Gasteiger partial charge < -0.3 is 9.84 Å². The monoisotopic (exact) mass is 192 g/mol. The molecule has 0 aliphatic carbocycles. The average Bonchev–Trinajstić information content (AvgIpc) is 2.10. The topological polar surface area (TPSA) is 29.5 Å². The molecule has 0 saturated carbocycles. The Balaban J connectivity index is 2.73. The second-order valence-electron chi connectivity index (χ2n) is 2.83. The van der Waals surface area contributed by atoms with E-state index in [0.717, 1.165) is 38.2 Å². The highest BCUT2D eigenvalue weighted by atomic mass is 32.1. The number of unbranched alkanes of at least 4 members (excludes halogenated alkanes) is 3. The second-order valence-corrected chi connectivity index (χ2v) is 3.27. The van der Waals surface area contributed by atoms with E-state index in [0.29, 0.717) is 0 Å². The van der Waals surface area contributed by atoms with Crippen molar-refractivity contribution in [1.82, 2.24) is 0 Å². The average molecular weight is 192 g/mol. The Morgan fingerprint density at radius 3 is 2.17 bits per heavy atom. The van der Waals surface area contributed by atoms with Gasteiger partial charge in [-0.25, -0.2) is 0 Å². The Labute approximate surface area is 80.7 Å². The van der Waals surface area contributed by atoms with Gasteiger partial charge in [0.25, 0.3) is 0 Å². The van der Waals surface area contributed by atoms with Gasteiger partial charge in [0.15, 0.2) is 0 Å². The summed E-state index contributed by atoms with van der Waals surface area (Å²) in [6.07, 6.45) is 5.37. The van der Waals surface area contributed by atoms with Crippen LogP contribution in [-0.4, -0.2) is 30.7 Å². The molecule has 0 aromatic rings. The lowest BCUT2D eigenvalue weighted by molar-refractivity contribution is 0.121. The number of aliphatic hydroxyl groups excluding tert-OH is 1. The van der Waals surface area contributed by atoms with Crippen molar-refractivity contribution in [2.75, 3.05) is 25.6 Å². The van der Waals surface area contributed by atoms with Crippen LogP contribution < -0.4 is 0 Å². The van der Waals surface area contributed by atoms with Crippen LogP contribution in [0.3, 0.4) is 0 Å². The molecule has 0 unspecified atom stereocenters. The van der Waals surface area contributed by atoms with Crippen molar-refractivity contribution in [3.05, 3.63) is 0 Å². The summed E-state index contributed by atoms with van der Waals surface area (Å²) >= 11 is 4.12. The Bertz CT molecular complexity index is 68.9. The molecule has 12 heavy (non-hydrogen) atoms. The minimum atomic E-state index is 0.281. The Morgan fingerprint density at radius 1 is 0.917 bits per heavy atom. The van der Waals surface area contributed by atoms with Gasteiger partial charge in [-0.2, -0.15) is 12.6 Å². The summed E-state index contributed by atoms with van der Waals surface area (Å²) in [5.74, 6) is 0.977. The Morgan fingerprint density at radius 2 is 1.58 bits per heavy atom. The summed E-state index contributed by atoms with van der Waals surface area (Å²) < 4.78 is 5.35. The third kappa shape index (κ3) is 10.3. The highest BCUT2D eigenvalue weighted by molar-refractivity contribution is 7.80. The number of hydrogen-bond acceptors (Lipinski definition) is 3. The molecule has 0 radical (unpaired) electrons. The molecule has 0 aromatic carbocycles. The van der Waals surface area contributed by atoms with Crippen molar-refractivity contribution in [3.63, 3.8) is 0 Å². The zero-order valence-corrected chi connectivity index (χ0v) is 8.56. The molecule has 1 N–H and O–H groups in total. The van der Waals surface area contributed by atoms with Crippen LogP contribution in [0.25, 0.3) is 0 Å². The van der Waals surface area contributed by atoms with E-state index < -0.39 is 0 Å². The van der Waals surface area contributed by atoms with Gasteiger partial charge in [0.2, 0.25) is 0 Å². The quantitative estimate of drug-likeness (QED) is 0.431. The number of rotatable bonds is 9. The third-order valence-electron chi connectivity index (χ3n) is 1.64. The highest BCUT2D eigenvalue weighted by Gasteiger charge is 1.89. The normalized spacial score (nSPS) is 10.5. The number of hydrogen-bond donors (Lipinski definition) is 2. The summed E-state index contributed by atoms with van der Waals surface area (Å²) in [7, 11) is 0. The molecular weight excluding hydrogens is 172 g/mol. The van der Waals surface area contributed by atoms with Crippen LogP contribution in [0.4, 0.5) is 0 Å². The molecule has 0 aromatic heterocycles. The number of aliphatic hydroxyl groups is 1. The minimum Gasteiger partial charge on any atom is -0.396 e. The SMILES string of the molecule is OCCCCOCCCCCS. The molecule has 0 atom stereocenters.